The Hall–Kier alpha value is -1.89. The van der Waals surface area contributed by atoms with Crippen LogP contribution in [0.25, 0.3) is 0 Å². The van der Waals surface area contributed by atoms with E-state index in [0.29, 0.717) is 31.4 Å². The van der Waals surface area contributed by atoms with Crippen LogP contribution in [0.5, 0.6) is 5.75 Å². The number of methoxy groups -OCH3 is 1. The summed E-state index contributed by atoms with van der Waals surface area (Å²) in [5.41, 5.74) is 1.21. The SMILES string of the molecule is COCCOc1ccc(S(=O)(=O)NCCC(C)c2ccccc2)cc1. The second-order valence-electron chi connectivity index (χ2n) is 5.81. The second-order valence-corrected chi connectivity index (χ2v) is 7.58. The molecular formula is C19H25NO4S. The topological polar surface area (TPSA) is 64.6 Å². The lowest BCUT2D eigenvalue weighted by Gasteiger charge is -2.13. The molecule has 0 saturated heterocycles. The van der Waals surface area contributed by atoms with Gasteiger partial charge < -0.3 is 9.47 Å². The molecule has 0 aromatic heterocycles. The van der Waals surface area contributed by atoms with Gasteiger partial charge in [-0.25, -0.2) is 13.1 Å². The van der Waals surface area contributed by atoms with E-state index in [4.69, 9.17) is 9.47 Å². The summed E-state index contributed by atoms with van der Waals surface area (Å²) in [5.74, 6) is 0.911. The maximum Gasteiger partial charge on any atom is 0.240 e. The Kier molecular flexibility index (Phi) is 7.43. The van der Waals surface area contributed by atoms with Gasteiger partial charge in [0.2, 0.25) is 10.0 Å². The van der Waals surface area contributed by atoms with Gasteiger partial charge in [-0.2, -0.15) is 0 Å². The summed E-state index contributed by atoms with van der Waals surface area (Å²) in [5, 5.41) is 0. The summed E-state index contributed by atoms with van der Waals surface area (Å²) in [6.07, 6.45) is 0.738. The number of ether oxygens (including phenoxy) is 2. The normalized spacial score (nSPS) is 12.7. The Balaban J connectivity index is 1.86. The zero-order valence-corrected chi connectivity index (χ0v) is 15.5. The molecule has 25 heavy (non-hydrogen) atoms. The summed E-state index contributed by atoms with van der Waals surface area (Å²) < 4.78 is 37.7. The van der Waals surface area contributed by atoms with Crippen molar-refractivity contribution in [1.82, 2.24) is 4.72 Å². The zero-order chi connectivity index (χ0) is 18.1. The Morgan fingerprint density at radius 2 is 1.68 bits per heavy atom. The van der Waals surface area contributed by atoms with Crippen LogP contribution in [0.4, 0.5) is 0 Å². The summed E-state index contributed by atoms with van der Waals surface area (Å²) in [7, 11) is -1.91. The Morgan fingerprint density at radius 3 is 2.32 bits per heavy atom. The van der Waals surface area contributed by atoms with E-state index in [1.54, 1.807) is 31.4 Å². The van der Waals surface area contributed by atoms with Crippen LogP contribution in [-0.2, 0) is 14.8 Å². The quantitative estimate of drug-likeness (QED) is 0.659. The number of benzene rings is 2. The molecule has 0 aliphatic heterocycles. The minimum atomic E-state index is -3.51. The van der Waals surface area contributed by atoms with Crippen molar-refractivity contribution in [3.63, 3.8) is 0 Å². The first kappa shape index (κ1) is 19.4. The molecule has 0 spiro atoms. The molecule has 0 aliphatic rings. The van der Waals surface area contributed by atoms with Crippen molar-refractivity contribution >= 4 is 10.0 Å². The van der Waals surface area contributed by atoms with Crippen molar-refractivity contribution in [2.24, 2.45) is 0 Å². The van der Waals surface area contributed by atoms with Gasteiger partial charge in [0.05, 0.1) is 11.5 Å². The van der Waals surface area contributed by atoms with Crippen molar-refractivity contribution in [1.29, 1.82) is 0 Å². The van der Waals surface area contributed by atoms with Gasteiger partial charge in [-0.3, -0.25) is 0 Å². The standard InChI is InChI=1S/C19H25NO4S/c1-16(17-6-4-3-5-7-17)12-13-20-25(21,22)19-10-8-18(9-11-19)24-15-14-23-2/h3-11,16,20H,12-15H2,1-2H3. The molecule has 1 N–H and O–H groups in total. The van der Waals surface area contributed by atoms with Crippen molar-refractivity contribution in [2.45, 2.75) is 24.2 Å². The Labute approximate surface area is 150 Å². The van der Waals surface area contributed by atoms with E-state index in [0.717, 1.165) is 6.42 Å². The lowest BCUT2D eigenvalue weighted by Crippen LogP contribution is -2.25. The molecule has 6 heteroatoms. The number of hydrogen-bond donors (Lipinski definition) is 1. The van der Waals surface area contributed by atoms with E-state index in [-0.39, 0.29) is 4.90 Å². The third-order valence-corrected chi connectivity index (χ3v) is 5.41. The first-order valence-corrected chi connectivity index (χ1v) is 9.77. The second kappa shape index (κ2) is 9.56. The Morgan fingerprint density at radius 1 is 1.00 bits per heavy atom. The molecule has 0 fully saturated rings. The molecule has 1 atom stereocenters. The lowest BCUT2D eigenvalue weighted by molar-refractivity contribution is 0.146. The molecule has 2 aromatic carbocycles. The summed E-state index contributed by atoms with van der Waals surface area (Å²) in [6, 6.07) is 16.5. The van der Waals surface area contributed by atoms with Gasteiger partial charge in [-0.05, 0) is 42.2 Å². The molecule has 0 amide bonds. The van der Waals surface area contributed by atoms with E-state index in [2.05, 4.69) is 23.8 Å². The van der Waals surface area contributed by atoms with Crippen LogP contribution in [-0.4, -0.2) is 35.3 Å². The molecule has 5 nitrogen and oxygen atoms in total. The Bertz CT molecular complexity index is 730. The highest BCUT2D eigenvalue weighted by molar-refractivity contribution is 7.89. The van der Waals surface area contributed by atoms with E-state index >= 15 is 0 Å². The lowest BCUT2D eigenvalue weighted by atomic mass is 9.98. The van der Waals surface area contributed by atoms with Crippen LogP contribution in [0.3, 0.4) is 0 Å². The highest BCUT2D eigenvalue weighted by atomic mass is 32.2. The predicted octanol–water partition coefficient (Wildman–Crippen LogP) is 3.18. The molecule has 0 heterocycles. The highest BCUT2D eigenvalue weighted by Gasteiger charge is 2.14. The van der Waals surface area contributed by atoms with Crippen LogP contribution in [0, 0.1) is 0 Å². The summed E-state index contributed by atoms with van der Waals surface area (Å²) in [6.45, 7) is 3.40. The van der Waals surface area contributed by atoms with Crippen LogP contribution in [0.15, 0.2) is 59.5 Å². The fraction of sp³-hybridized carbons (Fsp3) is 0.368. The van der Waals surface area contributed by atoms with Crippen molar-refractivity contribution in [2.75, 3.05) is 26.9 Å². The fourth-order valence-corrected chi connectivity index (χ4v) is 3.45. The molecule has 1 unspecified atom stereocenters. The fourth-order valence-electron chi connectivity index (χ4n) is 2.40. The molecule has 0 saturated carbocycles. The van der Waals surface area contributed by atoms with Crippen LogP contribution >= 0.6 is 0 Å². The average Bonchev–Trinajstić information content (AvgIpc) is 2.63. The van der Waals surface area contributed by atoms with Gasteiger partial charge in [0.1, 0.15) is 12.4 Å². The largest absolute Gasteiger partial charge is 0.491 e. The summed E-state index contributed by atoms with van der Waals surface area (Å²) >= 11 is 0. The smallest absolute Gasteiger partial charge is 0.240 e. The van der Waals surface area contributed by atoms with Crippen molar-refractivity contribution in [3.8, 4) is 5.75 Å². The predicted molar refractivity (Wildman–Crippen MR) is 98.5 cm³/mol. The van der Waals surface area contributed by atoms with Crippen LogP contribution < -0.4 is 9.46 Å². The number of rotatable bonds is 10. The van der Waals surface area contributed by atoms with Gasteiger partial charge >= 0.3 is 0 Å². The monoisotopic (exact) mass is 363 g/mol. The van der Waals surface area contributed by atoms with Gasteiger partial charge in [0, 0.05) is 13.7 Å². The van der Waals surface area contributed by atoms with E-state index < -0.39 is 10.0 Å². The number of nitrogens with one attached hydrogen (secondary N) is 1. The third kappa shape index (κ3) is 6.16. The van der Waals surface area contributed by atoms with Gasteiger partial charge in [0.25, 0.3) is 0 Å². The minimum Gasteiger partial charge on any atom is -0.491 e. The first-order valence-electron chi connectivity index (χ1n) is 8.29. The van der Waals surface area contributed by atoms with E-state index in [1.807, 2.05) is 18.2 Å². The zero-order valence-electron chi connectivity index (χ0n) is 14.6. The first-order chi connectivity index (χ1) is 12.0. The molecular weight excluding hydrogens is 338 g/mol. The van der Waals surface area contributed by atoms with Crippen molar-refractivity contribution in [3.05, 3.63) is 60.2 Å². The van der Waals surface area contributed by atoms with Gasteiger partial charge in [-0.15, -0.1) is 0 Å². The molecule has 2 rings (SSSR count). The number of sulfonamides is 1. The molecule has 0 bridgehead atoms. The van der Waals surface area contributed by atoms with Crippen LogP contribution in [0.1, 0.15) is 24.8 Å². The molecule has 0 radical (unpaired) electrons. The minimum absolute atomic E-state index is 0.235. The third-order valence-electron chi connectivity index (χ3n) is 3.93. The number of hydrogen-bond acceptors (Lipinski definition) is 4. The highest BCUT2D eigenvalue weighted by Crippen LogP contribution is 2.19. The van der Waals surface area contributed by atoms with Gasteiger partial charge in [0.15, 0.2) is 0 Å². The van der Waals surface area contributed by atoms with E-state index in [1.165, 1.54) is 5.56 Å². The van der Waals surface area contributed by atoms with Gasteiger partial charge in [-0.1, -0.05) is 37.3 Å². The maximum absolute atomic E-state index is 12.3. The molecule has 0 aliphatic carbocycles. The summed E-state index contributed by atoms with van der Waals surface area (Å²) in [4.78, 5) is 0.235. The van der Waals surface area contributed by atoms with E-state index in [9.17, 15) is 8.42 Å². The van der Waals surface area contributed by atoms with Crippen molar-refractivity contribution < 1.29 is 17.9 Å². The molecule has 136 valence electrons. The van der Waals surface area contributed by atoms with Crippen LogP contribution in [0.2, 0.25) is 0 Å². The maximum atomic E-state index is 12.3. The molecule has 2 aromatic rings. The average molecular weight is 363 g/mol.